The van der Waals surface area contributed by atoms with E-state index in [0.717, 1.165) is 46.3 Å². The molecular weight excluding hydrogens is 409 g/mol. The van der Waals surface area contributed by atoms with Crippen LogP contribution in [0.4, 0.5) is 4.39 Å². The van der Waals surface area contributed by atoms with E-state index in [4.69, 9.17) is 4.98 Å². The zero-order valence-electron chi connectivity index (χ0n) is 19.2. The van der Waals surface area contributed by atoms with Crippen LogP contribution in [0.15, 0.2) is 66.9 Å². The van der Waals surface area contributed by atoms with Crippen LogP contribution in [0.3, 0.4) is 0 Å². The van der Waals surface area contributed by atoms with Gasteiger partial charge in [0.15, 0.2) is 0 Å². The molecule has 2 aromatic heterocycles. The highest BCUT2D eigenvalue weighted by Crippen LogP contribution is 2.38. The fraction of sp³-hybridized carbons (Fsp3) is 0.310. The first-order valence-electron chi connectivity index (χ1n) is 11.7. The Hall–Kier alpha value is -3.45. The van der Waals surface area contributed by atoms with Crippen molar-refractivity contribution in [3.63, 3.8) is 0 Å². The number of fused-ring (bicyclic) bond motifs is 1. The van der Waals surface area contributed by atoms with Crippen molar-refractivity contribution in [1.29, 1.82) is 5.26 Å². The van der Waals surface area contributed by atoms with Crippen LogP contribution in [0.2, 0.25) is 0 Å². The Morgan fingerprint density at radius 1 is 1.03 bits per heavy atom. The van der Waals surface area contributed by atoms with Gasteiger partial charge in [0.2, 0.25) is 0 Å². The number of aryl methyl sites for hydroxylation is 1. The smallest absolute Gasteiger partial charge is 0.128 e. The second kappa shape index (κ2) is 8.48. The van der Waals surface area contributed by atoms with Gasteiger partial charge in [-0.1, -0.05) is 48.9 Å². The number of nitrogens with zero attached hydrogens (tertiary/aromatic N) is 3. The van der Waals surface area contributed by atoms with Gasteiger partial charge in [-0.25, -0.2) is 9.37 Å². The monoisotopic (exact) mass is 437 g/mol. The Kier molecular flexibility index (Phi) is 5.50. The Morgan fingerprint density at radius 3 is 2.36 bits per heavy atom. The van der Waals surface area contributed by atoms with E-state index in [1.165, 1.54) is 5.56 Å². The van der Waals surface area contributed by atoms with E-state index in [-0.39, 0.29) is 0 Å². The molecule has 0 aliphatic heterocycles. The fourth-order valence-corrected chi connectivity index (χ4v) is 4.87. The minimum absolute atomic E-state index is 0.363. The van der Waals surface area contributed by atoms with E-state index in [1.54, 1.807) is 0 Å². The van der Waals surface area contributed by atoms with Crippen LogP contribution in [0.25, 0.3) is 33.4 Å². The third-order valence-electron chi connectivity index (χ3n) is 7.03. The van der Waals surface area contributed by atoms with Gasteiger partial charge in [-0.2, -0.15) is 5.26 Å². The maximum Gasteiger partial charge on any atom is 0.128 e. The SMILES string of the molecule is Cc1ccc(-c2nc3ccn(CC4(F)CCC(C)CC4)c3cc2-c2ccc(C#N)cc2)cc1. The molecule has 0 unspecified atom stereocenters. The van der Waals surface area contributed by atoms with Crippen molar-refractivity contribution >= 4 is 11.0 Å². The van der Waals surface area contributed by atoms with Gasteiger partial charge in [0.1, 0.15) is 5.67 Å². The van der Waals surface area contributed by atoms with Crippen molar-refractivity contribution in [3.05, 3.63) is 78.0 Å². The van der Waals surface area contributed by atoms with Gasteiger partial charge in [0.05, 0.1) is 34.9 Å². The second-order valence-corrected chi connectivity index (χ2v) is 9.62. The number of hydrogen-bond donors (Lipinski definition) is 0. The number of halogens is 1. The predicted molar refractivity (Wildman–Crippen MR) is 132 cm³/mol. The molecule has 1 fully saturated rings. The van der Waals surface area contributed by atoms with Gasteiger partial charge in [-0.15, -0.1) is 0 Å². The molecule has 2 heterocycles. The number of pyridine rings is 1. The lowest BCUT2D eigenvalue weighted by Gasteiger charge is -2.33. The topological polar surface area (TPSA) is 41.6 Å². The summed E-state index contributed by atoms with van der Waals surface area (Å²) in [6, 6.07) is 22.3. The number of alkyl halides is 1. The second-order valence-electron chi connectivity index (χ2n) is 9.62. The third-order valence-corrected chi connectivity index (χ3v) is 7.03. The van der Waals surface area contributed by atoms with Crippen LogP contribution < -0.4 is 0 Å². The van der Waals surface area contributed by atoms with Crippen LogP contribution in [0.1, 0.15) is 43.7 Å². The number of hydrogen-bond acceptors (Lipinski definition) is 2. The Labute approximate surface area is 194 Å². The van der Waals surface area contributed by atoms with E-state index in [1.807, 2.05) is 41.1 Å². The molecule has 2 aromatic carbocycles. The van der Waals surface area contributed by atoms with E-state index in [0.29, 0.717) is 30.9 Å². The maximum atomic E-state index is 15.7. The van der Waals surface area contributed by atoms with Gasteiger partial charge in [0, 0.05) is 17.3 Å². The molecule has 0 atom stereocenters. The first-order chi connectivity index (χ1) is 15.9. The zero-order chi connectivity index (χ0) is 23.0. The minimum atomic E-state index is -1.16. The number of nitriles is 1. The molecule has 0 saturated heterocycles. The molecule has 0 bridgehead atoms. The largest absolute Gasteiger partial charge is 0.343 e. The Bertz CT molecular complexity index is 1320. The van der Waals surface area contributed by atoms with Gasteiger partial charge in [-0.05, 0) is 68.4 Å². The molecule has 4 aromatic rings. The maximum absolute atomic E-state index is 15.7. The molecule has 0 radical (unpaired) electrons. The highest BCUT2D eigenvalue weighted by atomic mass is 19.1. The number of benzene rings is 2. The van der Waals surface area contributed by atoms with Crippen molar-refractivity contribution in [2.45, 2.75) is 51.7 Å². The highest BCUT2D eigenvalue weighted by Gasteiger charge is 2.34. The van der Waals surface area contributed by atoms with E-state index in [9.17, 15) is 5.26 Å². The summed E-state index contributed by atoms with van der Waals surface area (Å²) in [4.78, 5) is 5.03. The average Bonchev–Trinajstić information content (AvgIpc) is 3.22. The van der Waals surface area contributed by atoms with Crippen LogP contribution in [-0.2, 0) is 6.54 Å². The molecule has 166 valence electrons. The lowest BCUT2D eigenvalue weighted by Crippen LogP contribution is -2.33. The predicted octanol–water partition coefficient (Wildman–Crippen LogP) is 7.47. The number of aromatic nitrogens is 2. The third kappa shape index (κ3) is 4.28. The van der Waals surface area contributed by atoms with E-state index < -0.39 is 5.67 Å². The zero-order valence-corrected chi connectivity index (χ0v) is 19.2. The molecule has 1 aliphatic carbocycles. The van der Waals surface area contributed by atoms with E-state index in [2.05, 4.69) is 50.2 Å². The van der Waals surface area contributed by atoms with Crippen LogP contribution in [-0.4, -0.2) is 15.2 Å². The molecule has 33 heavy (non-hydrogen) atoms. The molecule has 1 saturated carbocycles. The van der Waals surface area contributed by atoms with Gasteiger partial charge < -0.3 is 4.57 Å². The van der Waals surface area contributed by atoms with Crippen molar-refractivity contribution in [2.75, 3.05) is 0 Å². The summed E-state index contributed by atoms with van der Waals surface area (Å²) in [6.07, 6.45) is 5.10. The molecule has 3 nitrogen and oxygen atoms in total. The highest BCUT2D eigenvalue weighted by molar-refractivity contribution is 5.90. The van der Waals surface area contributed by atoms with Crippen molar-refractivity contribution in [2.24, 2.45) is 5.92 Å². The normalized spacial score (nSPS) is 20.6. The van der Waals surface area contributed by atoms with Crippen LogP contribution >= 0.6 is 0 Å². The summed E-state index contributed by atoms with van der Waals surface area (Å²) < 4.78 is 17.7. The summed E-state index contributed by atoms with van der Waals surface area (Å²) in [5.74, 6) is 0.608. The minimum Gasteiger partial charge on any atom is -0.343 e. The molecule has 0 spiro atoms. The summed E-state index contributed by atoms with van der Waals surface area (Å²) in [7, 11) is 0. The molecule has 0 N–H and O–H groups in total. The van der Waals surface area contributed by atoms with Crippen molar-refractivity contribution in [1.82, 2.24) is 9.55 Å². The lowest BCUT2D eigenvalue weighted by atomic mass is 9.81. The first kappa shape index (κ1) is 21.4. The summed E-state index contributed by atoms with van der Waals surface area (Å²) >= 11 is 0. The molecule has 0 amide bonds. The molecule has 5 rings (SSSR count). The Morgan fingerprint density at radius 2 is 1.70 bits per heavy atom. The first-order valence-corrected chi connectivity index (χ1v) is 11.7. The summed E-state index contributed by atoms with van der Waals surface area (Å²) in [5, 5.41) is 9.20. The summed E-state index contributed by atoms with van der Waals surface area (Å²) in [6.45, 7) is 4.65. The molecule has 4 heteroatoms. The molecule has 1 aliphatic rings. The lowest BCUT2D eigenvalue weighted by molar-refractivity contribution is 0.0700. The van der Waals surface area contributed by atoms with Crippen LogP contribution in [0.5, 0.6) is 0 Å². The van der Waals surface area contributed by atoms with Gasteiger partial charge in [-0.3, -0.25) is 0 Å². The standard InChI is InChI=1S/C29H28FN3/c1-20-3-7-24(8-4-20)28-25(23-9-5-22(18-31)6-10-23)17-27-26(32-28)13-16-33(27)19-29(30)14-11-21(2)12-15-29/h3-10,13,16-17,21H,11-12,14-15,19H2,1-2H3. The number of rotatable bonds is 4. The van der Waals surface area contributed by atoms with Crippen molar-refractivity contribution < 1.29 is 4.39 Å². The van der Waals surface area contributed by atoms with E-state index >= 15 is 4.39 Å². The van der Waals surface area contributed by atoms with Crippen LogP contribution in [0, 0.1) is 24.2 Å². The van der Waals surface area contributed by atoms with Crippen molar-refractivity contribution in [3.8, 4) is 28.5 Å². The van der Waals surface area contributed by atoms with Gasteiger partial charge in [0.25, 0.3) is 0 Å². The average molecular weight is 438 g/mol. The summed E-state index contributed by atoms with van der Waals surface area (Å²) in [5.41, 5.74) is 6.39. The van der Waals surface area contributed by atoms with Gasteiger partial charge >= 0.3 is 0 Å². The Balaban J connectivity index is 1.62. The molecular formula is C29H28FN3. The quantitative estimate of drug-likeness (QED) is 0.332. The fourth-order valence-electron chi connectivity index (χ4n) is 4.87.